The molecule has 3 rings (SSSR count). The lowest BCUT2D eigenvalue weighted by molar-refractivity contribution is -0.151. The molecule has 1 fully saturated rings. The van der Waals surface area contributed by atoms with Crippen LogP contribution in [0.15, 0.2) is 42.5 Å². The molecule has 0 saturated carbocycles. The second-order valence-corrected chi connectivity index (χ2v) is 6.93. The standard InChI is InChI=1S/C22H21N3O5/c1-14-3-8-19(29-2)18(9-14)25-12-16(10-21(25)27)22(28)30-13-20(26)24-17-6-4-15(11-23)5-7-17/h3-9,16H,10,12-13H2,1-2H3,(H,24,26)/t16-/m0/s1. The Morgan fingerprint density at radius 2 is 1.97 bits per heavy atom. The monoisotopic (exact) mass is 407 g/mol. The number of benzene rings is 2. The molecule has 0 spiro atoms. The highest BCUT2D eigenvalue weighted by Gasteiger charge is 2.37. The minimum Gasteiger partial charge on any atom is -0.495 e. The molecule has 0 aliphatic carbocycles. The van der Waals surface area contributed by atoms with Crippen molar-refractivity contribution >= 4 is 29.2 Å². The Kier molecular flexibility index (Phi) is 6.32. The number of anilines is 2. The number of rotatable bonds is 6. The summed E-state index contributed by atoms with van der Waals surface area (Å²) in [6, 6.07) is 13.8. The van der Waals surface area contributed by atoms with Gasteiger partial charge in [0.2, 0.25) is 5.91 Å². The fraction of sp³-hybridized carbons (Fsp3) is 0.273. The van der Waals surface area contributed by atoms with Gasteiger partial charge in [0.15, 0.2) is 6.61 Å². The lowest BCUT2D eigenvalue weighted by Crippen LogP contribution is -2.28. The van der Waals surface area contributed by atoms with Gasteiger partial charge in [-0.15, -0.1) is 0 Å². The number of nitrogens with one attached hydrogen (secondary N) is 1. The van der Waals surface area contributed by atoms with Crippen LogP contribution in [0.5, 0.6) is 5.75 Å². The maximum absolute atomic E-state index is 12.5. The van der Waals surface area contributed by atoms with Gasteiger partial charge in [-0.25, -0.2) is 0 Å². The van der Waals surface area contributed by atoms with Crippen molar-refractivity contribution in [2.75, 3.05) is 30.5 Å². The molecule has 1 aliphatic rings. The number of carbonyl (C=O) groups excluding carboxylic acids is 3. The van der Waals surface area contributed by atoms with Crippen LogP contribution in [0.4, 0.5) is 11.4 Å². The summed E-state index contributed by atoms with van der Waals surface area (Å²) >= 11 is 0. The summed E-state index contributed by atoms with van der Waals surface area (Å²) in [5, 5.41) is 11.4. The zero-order chi connectivity index (χ0) is 21.7. The van der Waals surface area contributed by atoms with Crippen molar-refractivity contribution in [1.82, 2.24) is 0 Å². The smallest absolute Gasteiger partial charge is 0.311 e. The lowest BCUT2D eigenvalue weighted by Gasteiger charge is -2.20. The highest BCUT2D eigenvalue weighted by Crippen LogP contribution is 2.34. The Balaban J connectivity index is 1.56. The quantitative estimate of drug-likeness (QED) is 0.737. The number of hydrogen-bond donors (Lipinski definition) is 1. The summed E-state index contributed by atoms with van der Waals surface area (Å²) < 4.78 is 10.4. The molecule has 154 valence electrons. The molecule has 8 heteroatoms. The number of amides is 2. The van der Waals surface area contributed by atoms with Crippen LogP contribution in [0.3, 0.4) is 0 Å². The molecular weight excluding hydrogens is 386 g/mol. The minimum absolute atomic E-state index is 0.00711. The van der Waals surface area contributed by atoms with Crippen molar-refractivity contribution < 1.29 is 23.9 Å². The maximum atomic E-state index is 12.5. The first-order valence-corrected chi connectivity index (χ1v) is 9.33. The maximum Gasteiger partial charge on any atom is 0.311 e. The largest absolute Gasteiger partial charge is 0.495 e. The molecule has 2 aromatic carbocycles. The van der Waals surface area contributed by atoms with Gasteiger partial charge in [0, 0.05) is 18.7 Å². The molecule has 30 heavy (non-hydrogen) atoms. The van der Waals surface area contributed by atoms with Gasteiger partial charge in [-0.05, 0) is 48.9 Å². The van der Waals surface area contributed by atoms with Crippen molar-refractivity contribution in [3.05, 3.63) is 53.6 Å². The van der Waals surface area contributed by atoms with Crippen LogP contribution in [-0.2, 0) is 19.1 Å². The lowest BCUT2D eigenvalue weighted by atomic mass is 10.1. The van der Waals surface area contributed by atoms with Gasteiger partial charge < -0.3 is 19.7 Å². The predicted octanol–water partition coefficient (Wildman–Crippen LogP) is 2.41. The van der Waals surface area contributed by atoms with Crippen LogP contribution in [0.25, 0.3) is 0 Å². The fourth-order valence-corrected chi connectivity index (χ4v) is 3.19. The number of hydrogen-bond acceptors (Lipinski definition) is 6. The zero-order valence-electron chi connectivity index (χ0n) is 16.7. The van der Waals surface area contributed by atoms with E-state index in [1.165, 1.54) is 12.0 Å². The molecule has 1 atom stereocenters. The Bertz CT molecular complexity index is 1010. The first-order valence-electron chi connectivity index (χ1n) is 9.33. The first-order chi connectivity index (χ1) is 14.4. The van der Waals surface area contributed by atoms with Gasteiger partial charge in [0.1, 0.15) is 5.75 Å². The van der Waals surface area contributed by atoms with Crippen molar-refractivity contribution in [3.63, 3.8) is 0 Å². The van der Waals surface area contributed by atoms with E-state index in [0.717, 1.165) is 5.56 Å². The van der Waals surface area contributed by atoms with Crippen molar-refractivity contribution in [3.8, 4) is 11.8 Å². The summed E-state index contributed by atoms with van der Waals surface area (Å²) in [5.74, 6) is -1.43. The molecular formula is C22H21N3O5. The van der Waals surface area contributed by atoms with Crippen molar-refractivity contribution in [1.29, 1.82) is 5.26 Å². The van der Waals surface area contributed by atoms with Crippen LogP contribution in [0.2, 0.25) is 0 Å². The van der Waals surface area contributed by atoms with Gasteiger partial charge >= 0.3 is 5.97 Å². The Hall–Kier alpha value is -3.86. The van der Waals surface area contributed by atoms with Crippen LogP contribution >= 0.6 is 0 Å². The van der Waals surface area contributed by atoms with Gasteiger partial charge in [-0.1, -0.05) is 6.07 Å². The average molecular weight is 407 g/mol. The number of ether oxygens (including phenoxy) is 2. The third-order valence-electron chi connectivity index (χ3n) is 4.73. The van der Waals surface area contributed by atoms with Crippen LogP contribution in [0.1, 0.15) is 17.5 Å². The first kappa shape index (κ1) is 20.9. The second-order valence-electron chi connectivity index (χ2n) is 6.93. The molecule has 2 amide bonds. The highest BCUT2D eigenvalue weighted by atomic mass is 16.5. The Morgan fingerprint density at radius 3 is 2.63 bits per heavy atom. The number of carbonyl (C=O) groups is 3. The summed E-state index contributed by atoms with van der Waals surface area (Å²) in [6.07, 6.45) is 0.00711. The minimum atomic E-state index is -0.662. The molecule has 2 aromatic rings. The van der Waals surface area contributed by atoms with E-state index in [2.05, 4.69) is 5.32 Å². The normalized spacial score (nSPS) is 15.4. The molecule has 0 radical (unpaired) electrons. The number of esters is 1. The van der Waals surface area contributed by atoms with Gasteiger partial charge in [-0.3, -0.25) is 14.4 Å². The molecule has 0 aromatic heterocycles. The molecule has 1 heterocycles. The second kappa shape index (κ2) is 9.09. The molecule has 1 N–H and O–H groups in total. The van der Waals surface area contributed by atoms with Crippen LogP contribution < -0.4 is 15.0 Å². The number of methoxy groups -OCH3 is 1. The molecule has 1 saturated heterocycles. The topological polar surface area (TPSA) is 109 Å². The van der Waals surface area contributed by atoms with E-state index in [9.17, 15) is 14.4 Å². The molecule has 0 unspecified atom stereocenters. The van der Waals surface area contributed by atoms with E-state index in [0.29, 0.717) is 22.7 Å². The van der Waals surface area contributed by atoms with E-state index in [1.54, 1.807) is 30.3 Å². The fourth-order valence-electron chi connectivity index (χ4n) is 3.19. The van der Waals surface area contributed by atoms with E-state index in [4.69, 9.17) is 14.7 Å². The third-order valence-corrected chi connectivity index (χ3v) is 4.73. The number of nitriles is 1. The van der Waals surface area contributed by atoms with Gasteiger partial charge in [0.25, 0.3) is 5.91 Å². The van der Waals surface area contributed by atoms with Crippen LogP contribution in [0, 0.1) is 24.2 Å². The van der Waals surface area contributed by atoms with Gasteiger partial charge in [0.05, 0.1) is 30.3 Å². The number of aryl methyl sites for hydroxylation is 1. The zero-order valence-corrected chi connectivity index (χ0v) is 16.7. The van der Waals surface area contributed by atoms with Crippen molar-refractivity contribution in [2.45, 2.75) is 13.3 Å². The average Bonchev–Trinajstić information content (AvgIpc) is 3.14. The summed E-state index contributed by atoms with van der Waals surface area (Å²) in [5.41, 5.74) is 2.53. The SMILES string of the molecule is COc1ccc(C)cc1N1C[C@@H](C(=O)OCC(=O)Nc2ccc(C#N)cc2)CC1=O. The van der Waals surface area contributed by atoms with E-state index >= 15 is 0 Å². The predicted molar refractivity (Wildman–Crippen MR) is 109 cm³/mol. The highest BCUT2D eigenvalue weighted by molar-refractivity contribution is 6.01. The Labute approximate surface area is 174 Å². The third kappa shape index (κ3) is 4.75. The van der Waals surface area contributed by atoms with E-state index in [-0.39, 0.29) is 18.9 Å². The van der Waals surface area contributed by atoms with Gasteiger partial charge in [-0.2, -0.15) is 5.26 Å². The van der Waals surface area contributed by atoms with E-state index in [1.807, 2.05) is 25.1 Å². The van der Waals surface area contributed by atoms with Crippen molar-refractivity contribution in [2.24, 2.45) is 5.92 Å². The number of nitrogens with zero attached hydrogens (tertiary/aromatic N) is 2. The summed E-state index contributed by atoms with van der Waals surface area (Å²) in [7, 11) is 1.52. The summed E-state index contributed by atoms with van der Waals surface area (Å²) in [4.78, 5) is 38.4. The van der Waals surface area contributed by atoms with E-state index < -0.39 is 24.4 Å². The molecule has 1 aliphatic heterocycles. The van der Waals surface area contributed by atoms with Crippen LogP contribution in [-0.4, -0.2) is 38.0 Å². The Morgan fingerprint density at radius 1 is 1.23 bits per heavy atom. The molecule has 0 bridgehead atoms. The molecule has 8 nitrogen and oxygen atoms in total. The summed E-state index contributed by atoms with van der Waals surface area (Å²) in [6.45, 7) is 1.60.